The Morgan fingerprint density at radius 1 is 0.649 bits per heavy atom. The molecule has 5 N–H and O–H groups in total. The van der Waals surface area contributed by atoms with Gasteiger partial charge in [-0.05, 0) is 77.9 Å². The third-order valence-corrected chi connectivity index (χ3v) is 7.41. The summed E-state index contributed by atoms with van der Waals surface area (Å²) in [5, 5.41) is 31.2. The number of hydrogen-bond donors (Lipinski definition) is 5. The van der Waals surface area contributed by atoms with Crippen molar-refractivity contribution in [2.75, 3.05) is 17.7 Å². The minimum absolute atomic E-state index is 0.134. The molecular formula is C39H40BBr3N6O8. The summed E-state index contributed by atoms with van der Waals surface area (Å²) < 4.78 is 16.1. The number of fused-ring (bicyclic) bond motifs is 2. The van der Waals surface area contributed by atoms with E-state index in [9.17, 15) is 24.3 Å². The van der Waals surface area contributed by atoms with E-state index in [1.165, 1.54) is 13.2 Å². The van der Waals surface area contributed by atoms with E-state index < -0.39 is 23.4 Å². The van der Waals surface area contributed by atoms with Crippen molar-refractivity contribution in [1.29, 1.82) is 0 Å². The summed E-state index contributed by atoms with van der Waals surface area (Å²) in [4.78, 5) is 47.7. The van der Waals surface area contributed by atoms with E-state index in [-0.39, 0.29) is 25.7 Å². The number of phenols is 1. The lowest BCUT2D eigenvalue weighted by Crippen LogP contribution is -2.27. The third-order valence-electron chi connectivity index (χ3n) is 7.41. The SMILES string of the molecule is BrB(Br)Br.CC(C)(C)OC(=O)Nc1ccc(-c2n[nH]c(=O)c3ccccc23)cc1O.COc1cc(-c2n[nH]c(=O)c3ccccc23)ccc1NC(=O)OC(C)(C)C. The van der Waals surface area contributed by atoms with Crippen LogP contribution in [0.4, 0.5) is 21.0 Å². The molecule has 0 aliphatic heterocycles. The van der Waals surface area contributed by atoms with Gasteiger partial charge in [0.15, 0.2) is 0 Å². The Morgan fingerprint density at radius 2 is 1.04 bits per heavy atom. The molecule has 2 heterocycles. The molecule has 0 aliphatic carbocycles. The van der Waals surface area contributed by atoms with Crippen molar-refractivity contribution in [2.45, 2.75) is 52.7 Å². The van der Waals surface area contributed by atoms with Crippen LogP contribution >= 0.6 is 47.3 Å². The van der Waals surface area contributed by atoms with Crippen molar-refractivity contribution >= 4 is 95.6 Å². The van der Waals surface area contributed by atoms with Crippen LogP contribution in [0.15, 0.2) is 94.5 Å². The topological polar surface area (TPSA) is 198 Å². The number of nitrogens with one attached hydrogen (secondary N) is 4. The van der Waals surface area contributed by atoms with Crippen molar-refractivity contribution in [3.63, 3.8) is 0 Å². The fourth-order valence-corrected chi connectivity index (χ4v) is 5.22. The highest BCUT2D eigenvalue weighted by atomic mass is 79.9. The number of H-pyrrole nitrogens is 2. The second kappa shape index (κ2) is 19.3. The Hall–Kier alpha value is -5.20. The van der Waals surface area contributed by atoms with Crippen LogP contribution in [0.3, 0.4) is 0 Å². The molecule has 14 nitrogen and oxygen atoms in total. The normalized spacial score (nSPS) is 11.0. The van der Waals surface area contributed by atoms with E-state index in [0.29, 0.717) is 44.5 Å². The van der Waals surface area contributed by atoms with Gasteiger partial charge < -0.3 is 19.3 Å². The number of methoxy groups -OCH3 is 1. The Kier molecular flexibility index (Phi) is 15.1. The van der Waals surface area contributed by atoms with Gasteiger partial charge in [0.05, 0.1) is 40.6 Å². The summed E-state index contributed by atoms with van der Waals surface area (Å²) >= 11 is 9.31. The number of benzene rings is 4. The molecule has 57 heavy (non-hydrogen) atoms. The second-order valence-electron chi connectivity index (χ2n) is 14.0. The first kappa shape index (κ1) is 44.5. The van der Waals surface area contributed by atoms with Crippen LogP contribution in [-0.4, -0.2) is 59.2 Å². The average Bonchev–Trinajstić information content (AvgIpc) is 3.12. The Morgan fingerprint density at radius 3 is 1.44 bits per heavy atom. The van der Waals surface area contributed by atoms with Gasteiger partial charge in [-0.2, -0.15) is 10.2 Å². The van der Waals surface area contributed by atoms with E-state index in [0.717, 1.165) is 10.9 Å². The average molecular weight is 971 g/mol. The van der Waals surface area contributed by atoms with Crippen LogP contribution in [-0.2, 0) is 9.47 Å². The van der Waals surface area contributed by atoms with E-state index in [4.69, 9.17) is 14.2 Å². The summed E-state index contributed by atoms with van der Waals surface area (Å²) in [6.07, 6.45) is -1.23. The first-order valence-electron chi connectivity index (χ1n) is 17.1. The van der Waals surface area contributed by atoms with Gasteiger partial charge in [0, 0.05) is 21.9 Å². The fourth-order valence-electron chi connectivity index (χ4n) is 5.22. The van der Waals surface area contributed by atoms with Gasteiger partial charge in [0.2, 0.25) is 0 Å². The van der Waals surface area contributed by atoms with E-state index in [1.54, 1.807) is 102 Å². The Bertz CT molecular complexity index is 2500. The largest absolute Gasteiger partial charge is 0.506 e. The number of rotatable bonds is 5. The highest BCUT2D eigenvalue weighted by Gasteiger charge is 2.20. The first-order valence-corrected chi connectivity index (χ1v) is 19.9. The molecule has 0 bridgehead atoms. The van der Waals surface area contributed by atoms with Crippen LogP contribution in [0.5, 0.6) is 11.5 Å². The number of nitrogens with zero attached hydrogens (tertiary/aromatic N) is 2. The molecule has 0 atom stereocenters. The number of anilines is 2. The molecule has 2 amide bonds. The molecule has 0 radical (unpaired) electrons. The highest BCUT2D eigenvalue weighted by Crippen LogP contribution is 2.34. The number of phenolic OH excluding ortho intramolecular Hbond substituents is 1. The maximum atomic E-state index is 12.0. The monoisotopic (exact) mass is 968 g/mol. The molecule has 2 aromatic heterocycles. The number of carbonyl (C=O) groups excluding carboxylic acids is 2. The summed E-state index contributed by atoms with van der Waals surface area (Å²) in [7, 11) is 1.51. The van der Waals surface area contributed by atoms with Crippen molar-refractivity contribution in [3.05, 3.63) is 106 Å². The van der Waals surface area contributed by atoms with Gasteiger partial charge >= 0.3 is 15.4 Å². The van der Waals surface area contributed by atoms with E-state index >= 15 is 0 Å². The predicted octanol–water partition coefficient (Wildman–Crippen LogP) is 9.74. The van der Waals surface area contributed by atoms with Crippen molar-refractivity contribution in [2.24, 2.45) is 0 Å². The number of aromatic hydroxyl groups is 1. The molecule has 4 aromatic carbocycles. The summed E-state index contributed by atoms with van der Waals surface area (Å²) in [6.45, 7) is 10.6. The molecule has 6 aromatic rings. The van der Waals surface area contributed by atoms with E-state index in [1.807, 2.05) is 18.2 Å². The summed E-state index contributed by atoms with van der Waals surface area (Å²) in [6, 6.07) is 24.3. The lowest BCUT2D eigenvalue weighted by molar-refractivity contribution is 0.0624. The second-order valence-corrected chi connectivity index (χ2v) is 20.5. The van der Waals surface area contributed by atoms with Crippen LogP contribution in [0, 0.1) is 0 Å². The van der Waals surface area contributed by atoms with Gasteiger partial charge in [-0.25, -0.2) is 19.8 Å². The quantitative estimate of drug-likeness (QED) is 0.0819. The maximum Gasteiger partial charge on any atom is 0.412 e. The Balaban J connectivity index is 0.000000231. The minimum Gasteiger partial charge on any atom is -0.506 e. The molecule has 0 fully saturated rings. The molecular weight excluding hydrogens is 931 g/mol. The number of aromatic nitrogens is 4. The number of halogens is 3. The minimum atomic E-state index is -0.659. The standard InChI is InChI=1S/C20H21N3O4.C19H19N3O4.BBr3/c1-20(2,3)27-19(25)21-15-10-9-12(11-16(15)26-4)17-13-7-5-6-8-14(13)18(24)23-22-17;1-19(2,3)26-18(25)20-14-9-8-11(10-15(14)23)16-12-6-4-5-7-13(12)17(24)22-21-16;2-1(3)4/h5-11H,1-4H3,(H,21,25)(H,23,24);4-10,23H,1-3H3,(H,20,25)(H,22,24);. The van der Waals surface area contributed by atoms with E-state index in [2.05, 4.69) is 78.3 Å². The first-order chi connectivity index (χ1) is 26.8. The number of hydrogen-bond acceptors (Lipinski definition) is 10. The molecule has 0 saturated carbocycles. The van der Waals surface area contributed by atoms with Crippen LogP contribution in [0.2, 0.25) is 0 Å². The highest BCUT2D eigenvalue weighted by molar-refractivity contribution is 9.69. The molecule has 18 heteroatoms. The maximum absolute atomic E-state index is 12.0. The number of ether oxygens (including phenoxy) is 3. The van der Waals surface area contributed by atoms with Crippen molar-refractivity contribution in [1.82, 2.24) is 20.4 Å². The molecule has 0 unspecified atom stereocenters. The van der Waals surface area contributed by atoms with Gasteiger partial charge in [-0.3, -0.25) is 20.2 Å². The predicted molar refractivity (Wildman–Crippen MR) is 236 cm³/mol. The zero-order valence-electron chi connectivity index (χ0n) is 32.0. The third kappa shape index (κ3) is 12.9. The lowest BCUT2D eigenvalue weighted by Gasteiger charge is -2.20. The number of aromatic amines is 2. The van der Waals surface area contributed by atoms with Gasteiger partial charge in [-0.15, -0.1) is 47.3 Å². The number of amides is 2. The molecule has 6 rings (SSSR count). The lowest BCUT2D eigenvalue weighted by atomic mass is 10.0. The molecule has 298 valence electrons. The zero-order valence-corrected chi connectivity index (χ0v) is 36.8. The molecule has 0 saturated heterocycles. The smallest absolute Gasteiger partial charge is 0.412 e. The summed E-state index contributed by atoms with van der Waals surface area (Å²) in [5.74, 6) is 0.320. The fraction of sp³-hybridized carbons (Fsp3) is 0.231. The van der Waals surface area contributed by atoms with Crippen LogP contribution in [0.1, 0.15) is 41.5 Å². The van der Waals surface area contributed by atoms with Gasteiger partial charge in [-0.1, -0.05) is 48.5 Å². The van der Waals surface area contributed by atoms with Crippen LogP contribution in [0.25, 0.3) is 44.1 Å². The van der Waals surface area contributed by atoms with Crippen molar-refractivity contribution in [3.8, 4) is 34.0 Å². The molecule has 0 spiro atoms. The zero-order chi connectivity index (χ0) is 42.1. The number of carbonyl (C=O) groups is 2. The molecule has 0 aliphatic rings. The Labute approximate surface area is 353 Å². The van der Waals surface area contributed by atoms with Crippen LogP contribution < -0.4 is 26.5 Å². The van der Waals surface area contributed by atoms with Gasteiger partial charge in [0.1, 0.15) is 22.7 Å². The summed E-state index contributed by atoms with van der Waals surface area (Å²) in [5.41, 5.74) is 1.42. The van der Waals surface area contributed by atoms with Gasteiger partial charge in [0.25, 0.3) is 11.1 Å². The van der Waals surface area contributed by atoms with Crippen molar-refractivity contribution < 1.29 is 28.9 Å².